The van der Waals surface area contributed by atoms with Gasteiger partial charge < -0.3 is 9.30 Å². The van der Waals surface area contributed by atoms with Gasteiger partial charge in [0.1, 0.15) is 6.54 Å². The number of rotatable bonds is 7. The van der Waals surface area contributed by atoms with E-state index in [1.54, 1.807) is 36.9 Å². The molecule has 162 valence electrons. The first-order valence-electron chi connectivity index (χ1n) is 9.57. The number of amides is 1. The van der Waals surface area contributed by atoms with Gasteiger partial charge in [0.05, 0.1) is 21.7 Å². The van der Waals surface area contributed by atoms with Crippen molar-refractivity contribution in [3.8, 4) is 0 Å². The predicted octanol–water partition coefficient (Wildman–Crippen LogP) is 4.42. The third kappa shape index (κ3) is 5.59. The van der Waals surface area contributed by atoms with Crippen LogP contribution < -0.4 is 4.80 Å². The summed E-state index contributed by atoms with van der Waals surface area (Å²) >= 11 is 2.87. The highest BCUT2D eigenvalue weighted by Gasteiger charge is 2.16. The molecule has 0 radical (unpaired) electrons. The molecule has 0 aliphatic carbocycles. The van der Waals surface area contributed by atoms with Crippen LogP contribution in [0.25, 0.3) is 10.2 Å². The van der Waals surface area contributed by atoms with E-state index < -0.39 is 16.8 Å². The van der Waals surface area contributed by atoms with E-state index >= 15 is 0 Å². The Hall–Kier alpha value is -2.98. The van der Waals surface area contributed by atoms with Crippen LogP contribution in [0.3, 0.4) is 0 Å². The first-order valence-corrected chi connectivity index (χ1v) is 11.3. The maximum Gasteiger partial charge on any atom is 0.326 e. The number of esters is 1. The SMILES string of the molecule is CCOC(=O)Cn1c(=NC(=O)c2ccc(SC(C)C)cc2)sc2ccc([N+](=O)[O-])cc21. The Balaban J connectivity index is 2.04. The number of nitro benzene ring substituents is 1. The average Bonchev–Trinajstić information content (AvgIpc) is 3.04. The fraction of sp³-hybridized carbons (Fsp3) is 0.286. The molecule has 0 spiro atoms. The number of non-ortho nitro benzene ring substituents is 1. The fourth-order valence-electron chi connectivity index (χ4n) is 2.84. The average molecular weight is 460 g/mol. The molecule has 0 fully saturated rings. The highest BCUT2D eigenvalue weighted by Crippen LogP contribution is 2.24. The van der Waals surface area contributed by atoms with Crippen molar-refractivity contribution in [2.45, 2.75) is 37.5 Å². The van der Waals surface area contributed by atoms with Gasteiger partial charge in [0, 0.05) is 27.8 Å². The summed E-state index contributed by atoms with van der Waals surface area (Å²) in [6.45, 7) is 5.87. The number of nitrogens with zero attached hydrogens (tertiary/aromatic N) is 3. The quantitative estimate of drug-likeness (QED) is 0.224. The predicted molar refractivity (Wildman–Crippen MR) is 120 cm³/mol. The third-order valence-electron chi connectivity index (χ3n) is 4.14. The summed E-state index contributed by atoms with van der Waals surface area (Å²) in [5.74, 6) is -0.975. The number of nitro groups is 1. The molecule has 0 N–H and O–H groups in total. The number of aromatic nitrogens is 1. The van der Waals surface area contributed by atoms with Crippen LogP contribution in [0.15, 0.2) is 52.4 Å². The minimum atomic E-state index is -0.516. The minimum absolute atomic E-state index is 0.112. The molecule has 0 saturated carbocycles. The van der Waals surface area contributed by atoms with Gasteiger partial charge in [-0.05, 0) is 37.3 Å². The van der Waals surface area contributed by atoms with Crippen LogP contribution in [-0.2, 0) is 16.1 Å². The van der Waals surface area contributed by atoms with Gasteiger partial charge in [0.2, 0.25) is 0 Å². The molecule has 3 aromatic rings. The second-order valence-electron chi connectivity index (χ2n) is 6.79. The summed E-state index contributed by atoms with van der Waals surface area (Å²) in [4.78, 5) is 41.1. The van der Waals surface area contributed by atoms with Crippen LogP contribution in [0.1, 0.15) is 31.1 Å². The second-order valence-corrected chi connectivity index (χ2v) is 9.45. The normalized spacial score (nSPS) is 11.8. The van der Waals surface area contributed by atoms with Crippen molar-refractivity contribution in [1.82, 2.24) is 4.57 Å². The Bertz CT molecular complexity index is 1200. The molecule has 0 bridgehead atoms. The van der Waals surface area contributed by atoms with E-state index in [-0.39, 0.29) is 23.6 Å². The summed E-state index contributed by atoms with van der Waals surface area (Å²) in [7, 11) is 0. The van der Waals surface area contributed by atoms with Crippen LogP contribution in [0.2, 0.25) is 0 Å². The van der Waals surface area contributed by atoms with Crippen molar-refractivity contribution in [3.05, 3.63) is 62.9 Å². The first-order chi connectivity index (χ1) is 14.8. The van der Waals surface area contributed by atoms with Crippen molar-refractivity contribution < 1.29 is 19.2 Å². The van der Waals surface area contributed by atoms with E-state index in [1.165, 1.54) is 28.0 Å². The standard InChI is InChI=1S/C21H21N3O5S2/c1-4-29-19(25)12-23-17-11-15(24(27)28)7-10-18(17)31-21(23)22-20(26)14-5-8-16(9-6-14)30-13(2)3/h5-11,13H,4,12H2,1-3H3. The van der Waals surface area contributed by atoms with Gasteiger partial charge in [-0.15, -0.1) is 11.8 Å². The maximum absolute atomic E-state index is 12.8. The summed E-state index contributed by atoms with van der Waals surface area (Å²) in [6.07, 6.45) is 0. The topological polar surface area (TPSA) is 104 Å². The van der Waals surface area contributed by atoms with E-state index in [2.05, 4.69) is 18.8 Å². The number of thiazole rings is 1. The van der Waals surface area contributed by atoms with Crippen molar-refractivity contribution in [2.75, 3.05) is 6.61 Å². The molecule has 31 heavy (non-hydrogen) atoms. The molecule has 1 amide bonds. The molecule has 1 heterocycles. The highest BCUT2D eigenvalue weighted by atomic mass is 32.2. The lowest BCUT2D eigenvalue weighted by Gasteiger charge is -2.06. The van der Waals surface area contributed by atoms with Crippen molar-refractivity contribution in [2.24, 2.45) is 4.99 Å². The van der Waals surface area contributed by atoms with Crippen LogP contribution in [0.5, 0.6) is 0 Å². The van der Waals surface area contributed by atoms with Gasteiger partial charge in [-0.25, -0.2) is 0 Å². The van der Waals surface area contributed by atoms with E-state index in [1.807, 2.05) is 12.1 Å². The molecule has 1 aromatic heterocycles. The number of carbonyl (C=O) groups excluding carboxylic acids is 2. The van der Waals surface area contributed by atoms with E-state index in [0.717, 1.165) is 4.90 Å². The third-order valence-corrected chi connectivity index (χ3v) is 6.21. The lowest BCUT2D eigenvalue weighted by Crippen LogP contribution is -2.23. The minimum Gasteiger partial charge on any atom is -0.465 e. The molecule has 0 saturated heterocycles. The molecule has 10 heteroatoms. The van der Waals surface area contributed by atoms with Gasteiger partial charge in [-0.2, -0.15) is 4.99 Å². The van der Waals surface area contributed by atoms with Gasteiger partial charge in [-0.3, -0.25) is 19.7 Å². The van der Waals surface area contributed by atoms with Crippen LogP contribution >= 0.6 is 23.1 Å². The molecule has 0 atom stereocenters. The molecular weight excluding hydrogens is 438 g/mol. The molecule has 2 aromatic carbocycles. The maximum atomic E-state index is 12.8. The monoisotopic (exact) mass is 459 g/mol. The Labute approximate surface area is 186 Å². The molecule has 0 aliphatic heterocycles. The largest absolute Gasteiger partial charge is 0.465 e. The number of ether oxygens (including phenoxy) is 1. The summed E-state index contributed by atoms with van der Waals surface area (Å²) in [5.41, 5.74) is 0.751. The first kappa shape index (κ1) is 22.7. The number of fused-ring (bicyclic) bond motifs is 1. The van der Waals surface area contributed by atoms with E-state index in [4.69, 9.17) is 4.74 Å². The second kappa shape index (κ2) is 9.88. The number of carbonyl (C=O) groups is 2. The zero-order valence-corrected chi connectivity index (χ0v) is 18.9. The number of thioether (sulfide) groups is 1. The van der Waals surface area contributed by atoms with Gasteiger partial charge in [0.25, 0.3) is 11.6 Å². The van der Waals surface area contributed by atoms with Gasteiger partial charge in [-0.1, -0.05) is 25.2 Å². The van der Waals surface area contributed by atoms with Crippen LogP contribution in [-0.4, -0.2) is 33.2 Å². The fourth-order valence-corrected chi connectivity index (χ4v) is 4.69. The Morgan fingerprint density at radius 3 is 2.55 bits per heavy atom. The van der Waals surface area contributed by atoms with Crippen molar-refractivity contribution in [3.63, 3.8) is 0 Å². The smallest absolute Gasteiger partial charge is 0.326 e. The van der Waals surface area contributed by atoms with Crippen LogP contribution in [0.4, 0.5) is 5.69 Å². The lowest BCUT2D eigenvalue weighted by atomic mass is 10.2. The number of hydrogen-bond donors (Lipinski definition) is 0. The Morgan fingerprint density at radius 2 is 1.94 bits per heavy atom. The zero-order chi connectivity index (χ0) is 22.5. The highest BCUT2D eigenvalue weighted by molar-refractivity contribution is 7.99. The Morgan fingerprint density at radius 1 is 1.23 bits per heavy atom. The summed E-state index contributed by atoms with van der Waals surface area (Å²) in [6, 6.07) is 11.5. The number of benzene rings is 2. The van der Waals surface area contributed by atoms with E-state index in [9.17, 15) is 19.7 Å². The van der Waals surface area contributed by atoms with Crippen molar-refractivity contribution in [1.29, 1.82) is 0 Å². The van der Waals surface area contributed by atoms with Gasteiger partial charge in [0.15, 0.2) is 4.80 Å². The summed E-state index contributed by atoms with van der Waals surface area (Å²) < 4.78 is 7.16. The summed E-state index contributed by atoms with van der Waals surface area (Å²) in [5, 5.41) is 11.6. The molecular formula is C21H21N3O5S2. The van der Waals surface area contributed by atoms with Crippen LogP contribution in [0, 0.1) is 10.1 Å². The molecule has 8 nitrogen and oxygen atoms in total. The molecule has 0 unspecified atom stereocenters. The van der Waals surface area contributed by atoms with Gasteiger partial charge >= 0.3 is 5.97 Å². The molecule has 3 rings (SSSR count). The Kier molecular flexibility index (Phi) is 7.24. The lowest BCUT2D eigenvalue weighted by molar-refractivity contribution is -0.384. The van der Waals surface area contributed by atoms with E-state index in [0.29, 0.717) is 21.0 Å². The molecule has 0 aliphatic rings. The van der Waals surface area contributed by atoms with Crippen molar-refractivity contribution >= 4 is 50.9 Å². The number of hydrogen-bond acceptors (Lipinski definition) is 7. The zero-order valence-electron chi connectivity index (χ0n) is 17.2.